The van der Waals surface area contributed by atoms with Crippen LogP contribution in [-0.2, 0) is 19.1 Å². The monoisotopic (exact) mass is 427 g/mol. The molecule has 0 unspecified atom stereocenters. The molecule has 2 saturated heterocycles. The van der Waals surface area contributed by atoms with Crippen LogP contribution in [0.15, 0.2) is 24.8 Å². The second-order valence-corrected chi connectivity index (χ2v) is 10.1. The lowest BCUT2D eigenvalue weighted by molar-refractivity contribution is -0.144. The Labute approximate surface area is 183 Å². The van der Waals surface area contributed by atoms with Gasteiger partial charge < -0.3 is 20.3 Å². The molecule has 1 spiro atoms. The molecule has 2 saturated carbocycles. The van der Waals surface area contributed by atoms with Crippen molar-refractivity contribution in [1.82, 2.24) is 15.5 Å². The Bertz CT molecular complexity index is 829. The van der Waals surface area contributed by atoms with Crippen LogP contribution in [0.4, 0.5) is 0 Å². The summed E-state index contributed by atoms with van der Waals surface area (Å²) in [7, 11) is 0. The Kier molecular flexibility index (Phi) is 5.00. The molecule has 31 heavy (non-hydrogen) atoms. The third kappa shape index (κ3) is 3.07. The second kappa shape index (κ2) is 7.47. The minimum atomic E-state index is -1.10. The zero-order valence-electron chi connectivity index (χ0n) is 18.3. The molecule has 7 heteroatoms. The number of nitrogens with zero attached hydrogens (tertiary/aromatic N) is 1. The number of hydrogen-bond acceptors (Lipinski definition) is 4. The van der Waals surface area contributed by atoms with E-state index in [0.29, 0.717) is 0 Å². The molecule has 5 rings (SSSR count). The highest BCUT2D eigenvalue weighted by atomic mass is 16.5. The van der Waals surface area contributed by atoms with Crippen LogP contribution in [-0.4, -0.2) is 58.5 Å². The maximum absolute atomic E-state index is 13.6. The summed E-state index contributed by atoms with van der Waals surface area (Å²) in [4.78, 5) is 42.0. The van der Waals surface area contributed by atoms with Gasteiger partial charge in [0.25, 0.3) is 0 Å². The highest BCUT2D eigenvalue weighted by Gasteiger charge is 2.76. The van der Waals surface area contributed by atoms with Crippen molar-refractivity contribution >= 4 is 17.7 Å². The fourth-order valence-corrected chi connectivity index (χ4v) is 6.68. The molecule has 3 amide bonds. The standard InChI is InChI=1S/C24H33N3O4/c1-3-14-27-19(21(29)26-16-10-6-7-11-16)24-13-12-23(2,31-24)17(18(24)22(27)30)20(28)25-15-8-4-5-9-15/h3,12-13,15-19H,1,4-11,14H2,2H3,(H,25,28)(H,26,29)/t17-,18+,19-,23+,24+/m1/s1. The van der Waals surface area contributed by atoms with E-state index in [9.17, 15) is 14.4 Å². The maximum atomic E-state index is 13.6. The van der Waals surface area contributed by atoms with Crippen molar-refractivity contribution in [3.8, 4) is 0 Å². The fourth-order valence-electron chi connectivity index (χ4n) is 6.68. The molecule has 0 aromatic carbocycles. The Morgan fingerprint density at radius 1 is 1.10 bits per heavy atom. The minimum absolute atomic E-state index is 0.130. The van der Waals surface area contributed by atoms with E-state index in [-0.39, 0.29) is 36.3 Å². The molecule has 4 fully saturated rings. The average Bonchev–Trinajstić information content (AvgIpc) is 3.52. The van der Waals surface area contributed by atoms with Gasteiger partial charge in [0.05, 0.1) is 17.4 Å². The first-order valence-electron chi connectivity index (χ1n) is 11.8. The van der Waals surface area contributed by atoms with Crippen LogP contribution in [0.1, 0.15) is 58.3 Å². The van der Waals surface area contributed by atoms with Crippen molar-refractivity contribution in [2.75, 3.05) is 6.54 Å². The molecule has 168 valence electrons. The number of fused-ring (bicyclic) bond motifs is 1. The van der Waals surface area contributed by atoms with Crippen molar-refractivity contribution < 1.29 is 19.1 Å². The van der Waals surface area contributed by atoms with Gasteiger partial charge >= 0.3 is 0 Å². The van der Waals surface area contributed by atoms with Crippen molar-refractivity contribution in [3.05, 3.63) is 24.8 Å². The third-order valence-corrected chi connectivity index (χ3v) is 8.06. The van der Waals surface area contributed by atoms with Gasteiger partial charge in [-0.2, -0.15) is 0 Å². The molecule has 5 aliphatic rings. The van der Waals surface area contributed by atoms with Gasteiger partial charge in [0, 0.05) is 18.6 Å². The number of rotatable bonds is 6. The number of amides is 3. The summed E-state index contributed by atoms with van der Waals surface area (Å²) in [6.07, 6.45) is 13.7. The number of hydrogen-bond donors (Lipinski definition) is 2. The van der Waals surface area contributed by atoms with Gasteiger partial charge in [0.15, 0.2) is 0 Å². The number of carbonyl (C=O) groups is 3. The summed E-state index contributed by atoms with van der Waals surface area (Å²) < 4.78 is 6.49. The number of ether oxygens (including phenoxy) is 1. The SMILES string of the molecule is C=CCN1C(=O)[C@@H]2[C@H](C(=O)NC3CCCC3)[C@]3(C)C=C[C@@]2(O3)[C@H]1C(=O)NC1CCCC1. The van der Waals surface area contributed by atoms with Gasteiger partial charge in [0.1, 0.15) is 11.6 Å². The quantitative estimate of drug-likeness (QED) is 0.633. The van der Waals surface area contributed by atoms with E-state index in [1.165, 1.54) is 0 Å². The van der Waals surface area contributed by atoms with E-state index in [1.807, 2.05) is 19.1 Å². The first-order valence-corrected chi connectivity index (χ1v) is 11.8. The van der Waals surface area contributed by atoms with E-state index in [1.54, 1.807) is 11.0 Å². The summed E-state index contributed by atoms with van der Waals surface area (Å²) in [5.74, 6) is -1.83. The van der Waals surface area contributed by atoms with Gasteiger partial charge in [-0.15, -0.1) is 6.58 Å². The Hall–Kier alpha value is -2.15. The normalized spacial score (nSPS) is 39.3. The van der Waals surface area contributed by atoms with Crippen molar-refractivity contribution in [3.63, 3.8) is 0 Å². The molecule has 3 aliphatic heterocycles. The molecule has 0 aromatic rings. The Balaban J connectivity index is 1.46. The summed E-state index contributed by atoms with van der Waals surface area (Å²) in [5, 5.41) is 6.32. The largest absolute Gasteiger partial charge is 0.356 e. The molecule has 2 bridgehead atoms. The van der Waals surface area contributed by atoms with E-state index in [4.69, 9.17) is 4.74 Å². The molecule has 0 radical (unpaired) electrons. The Morgan fingerprint density at radius 2 is 1.68 bits per heavy atom. The molecular weight excluding hydrogens is 394 g/mol. The zero-order chi connectivity index (χ0) is 21.8. The van der Waals surface area contributed by atoms with Gasteiger partial charge in [-0.25, -0.2) is 0 Å². The molecule has 3 heterocycles. The summed E-state index contributed by atoms with van der Waals surface area (Å²) in [6.45, 7) is 5.90. The molecule has 2 N–H and O–H groups in total. The minimum Gasteiger partial charge on any atom is -0.356 e. The summed E-state index contributed by atoms with van der Waals surface area (Å²) >= 11 is 0. The number of carbonyl (C=O) groups excluding carboxylic acids is 3. The predicted octanol–water partition coefficient (Wildman–Crippen LogP) is 1.83. The first-order chi connectivity index (χ1) is 14.9. The van der Waals surface area contributed by atoms with Crippen LogP contribution >= 0.6 is 0 Å². The van der Waals surface area contributed by atoms with E-state index in [2.05, 4.69) is 17.2 Å². The maximum Gasteiger partial charge on any atom is 0.246 e. The van der Waals surface area contributed by atoms with E-state index < -0.39 is 29.1 Å². The van der Waals surface area contributed by atoms with Crippen LogP contribution in [0.25, 0.3) is 0 Å². The van der Waals surface area contributed by atoms with Gasteiger partial charge in [-0.05, 0) is 32.6 Å². The molecule has 5 atom stereocenters. The van der Waals surface area contributed by atoms with Crippen LogP contribution < -0.4 is 10.6 Å². The van der Waals surface area contributed by atoms with Crippen molar-refractivity contribution in [2.24, 2.45) is 11.8 Å². The number of likely N-dealkylation sites (tertiary alicyclic amines) is 1. The van der Waals surface area contributed by atoms with Gasteiger partial charge in [-0.1, -0.05) is 43.9 Å². The van der Waals surface area contributed by atoms with Crippen LogP contribution in [0.3, 0.4) is 0 Å². The lowest BCUT2D eigenvalue weighted by Gasteiger charge is -2.33. The Morgan fingerprint density at radius 3 is 2.26 bits per heavy atom. The van der Waals surface area contributed by atoms with Crippen LogP contribution in [0.5, 0.6) is 0 Å². The topological polar surface area (TPSA) is 87.7 Å². The van der Waals surface area contributed by atoms with Crippen LogP contribution in [0.2, 0.25) is 0 Å². The fraction of sp³-hybridized carbons (Fsp3) is 0.708. The lowest BCUT2D eigenvalue weighted by atomic mass is 9.70. The first kappa shape index (κ1) is 20.7. The van der Waals surface area contributed by atoms with Crippen molar-refractivity contribution in [2.45, 2.75) is 87.6 Å². The number of nitrogens with one attached hydrogen (secondary N) is 2. The second-order valence-electron chi connectivity index (χ2n) is 10.1. The van der Waals surface area contributed by atoms with E-state index >= 15 is 0 Å². The molecule has 2 aliphatic carbocycles. The zero-order valence-corrected chi connectivity index (χ0v) is 18.3. The smallest absolute Gasteiger partial charge is 0.246 e. The van der Waals surface area contributed by atoms with Gasteiger partial charge in [0.2, 0.25) is 17.7 Å². The van der Waals surface area contributed by atoms with E-state index in [0.717, 1.165) is 51.4 Å². The van der Waals surface area contributed by atoms with Crippen molar-refractivity contribution in [1.29, 1.82) is 0 Å². The molecule has 7 nitrogen and oxygen atoms in total. The summed E-state index contributed by atoms with van der Waals surface area (Å²) in [5.41, 5.74) is -1.98. The summed E-state index contributed by atoms with van der Waals surface area (Å²) in [6, 6.07) is -0.480. The third-order valence-electron chi connectivity index (χ3n) is 8.06. The lowest BCUT2D eigenvalue weighted by Crippen LogP contribution is -2.56. The van der Waals surface area contributed by atoms with Gasteiger partial charge in [-0.3, -0.25) is 14.4 Å². The highest BCUT2D eigenvalue weighted by Crippen LogP contribution is 2.59. The molecule has 0 aromatic heterocycles. The highest BCUT2D eigenvalue weighted by molar-refractivity contribution is 6.00. The van der Waals surface area contributed by atoms with Crippen LogP contribution in [0, 0.1) is 11.8 Å². The predicted molar refractivity (Wildman–Crippen MR) is 115 cm³/mol. The average molecular weight is 428 g/mol. The molecular formula is C24H33N3O4.